The van der Waals surface area contributed by atoms with Gasteiger partial charge in [0, 0.05) is 0 Å². The zero-order valence-corrected chi connectivity index (χ0v) is 7.07. The average Bonchev–Trinajstić information content (AvgIpc) is 2.92. The number of carbonyl (C=O) groups is 3. The highest BCUT2D eigenvalue weighted by Gasteiger charge is 2.48. The topological polar surface area (TPSA) is 84.5 Å². The Labute approximate surface area is 74.6 Å². The summed E-state index contributed by atoms with van der Waals surface area (Å²) >= 11 is 0. The van der Waals surface area contributed by atoms with Crippen LogP contribution in [-0.4, -0.2) is 25.4 Å². The molecule has 2 amide bonds. The molecule has 0 aromatic carbocycles. The summed E-state index contributed by atoms with van der Waals surface area (Å²) in [5.41, 5.74) is 4.15. The Hall–Kier alpha value is -1.59. The van der Waals surface area contributed by atoms with Crippen molar-refractivity contribution in [3.8, 4) is 0 Å². The molecule has 1 rings (SSSR count). The lowest BCUT2D eigenvalue weighted by Gasteiger charge is -2.00. The van der Waals surface area contributed by atoms with E-state index in [1.165, 1.54) is 7.11 Å². The molecule has 1 saturated carbocycles. The molecule has 0 spiro atoms. The molecule has 0 aromatic rings. The van der Waals surface area contributed by atoms with E-state index in [2.05, 4.69) is 10.2 Å². The van der Waals surface area contributed by atoms with Crippen LogP contribution in [0.5, 0.6) is 0 Å². The molecular weight excluding hydrogens is 176 g/mol. The standard InChI is InChI=1S/C7H10N2O4/c1-13-7(12)5-2-4(5)6(11)9-8-3-10/h3-5H,2H2,1H3,(H,8,10)(H,9,11)/t4-,5-/m0/s1. The van der Waals surface area contributed by atoms with E-state index in [0.717, 1.165) is 0 Å². The van der Waals surface area contributed by atoms with Crippen LogP contribution >= 0.6 is 0 Å². The highest BCUT2D eigenvalue weighted by molar-refractivity contribution is 5.90. The van der Waals surface area contributed by atoms with Crippen molar-refractivity contribution in [3.63, 3.8) is 0 Å². The van der Waals surface area contributed by atoms with Crippen LogP contribution in [0, 0.1) is 11.8 Å². The molecule has 72 valence electrons. The summed E-state index contributed by atoms with van der Waals surface area (Å²) in [6.45, 7) is 0. The summed E-state index contributed by atoms with van der Waals surface area (Å²) in [6.07, 6.45) is 0.840. The van der Waals surface area contributed by atoms with E-state index in [-0.39, 0.29) is 23.7 Å². The van der Waals surface area contributed by atoms with Crippen molar-refractivity contribution in [2.24, 2.45) is 11.8 Å². The van der Waals surface area contributed by atoms with Gasteiger partial charge in [-0.2, -0.15) is 0 Å². The Morgan fingerprint density at radius 2 is 2.15 bits per heavy atom. The van der Waals surface area contributed by atoms with Crippen LogP contribution in [0.15, 0.2) is 0 Å². The number of esters is 1. The van der Waals surface area contributed by atoms with E-state index in [1.54, 1.807) is 0 Å². The van der Waals surface area contributed by atoms with Crippen LogP contribution < -0.4 is 10.9 Å². The van der Waals surface area contributed by atoms with Gasteiger partial charge in [0.25, 0.3) is 0 Å². The van der Waals surface area contributed by atoms with Crippen molar-refractivity contribution in [3.05, 3.63) is 0 Å². The summed E-state index contributed by atoms with van der Waals surface area (Å²) in [4.78, 5) is 31.7. The van der Waals surface area contributed by atoms with Crippen molar-refractivity contribution in [1.82, 2.24) is 10.9 Å². The maximum atomic E-state index is 11.1. The molecule has 0 aromatic heterocycles. The van der Waals surface area contributed by atoms with Crippen LogP contribution in [0.25, 0.3) is 0 Å². The maximum Gasteiger partial charge on any atom is 0.309 e. The summed E-state index contributed by atoms with van der Waals surface area (Å²) in [5.74, 6) is -1.45. The third kappa shape index (κ3) is 2.17. The molecule has 13 heavy (non-hydrogen) atoms. The Bertz CT molecular complexity index is 241. The van der Waals surface area contributed by atoms with E-state index < -0.39 is 0 Å². The minimum atomic E-state index is -0.383. The first kappa shape index (κ1) is 9.50. The second kappa shape index (κ2) is 3.88. The van der Waals surface area contributed by atoms with Crippen molar-refractivity contribution >= 4 is 18.3 Å². The highest BCUT2D eigenvalue weighted by Crippen LogP contribution is 2.39. The summed E-state index contributed by atoms with van der Waals surface area (Å²) in [5, 5.41) is 0. The monoisotopic (exact) mass is 186 g/mol. The fraction of sp³-hybridized carbons (Fsp3) is 0.571. The lowest BCUT2D eigenvalue weighted by Crippen LogP contribution is -2.37. The van der Waals surface area contributed by atoms with Gasteiger partial charge in [0.2, 0.25) is 12.3 Å². The molecule has 0 saturated heterocycles. The van der Waals surface area contributed by atoms with Crippen LogP contribution in [0.1, 0.15) is 6.42 Å². The smallest absolute Gasteiger partial charge is 0.309 e. The van der Waals surface area contributed by atoms with Crippen LogP contribution in [0.4, 0.5) is 0 Å². The van der Waals surface area contributed by atoms with Gasteiger partial charge < -0.3 is 4.74 Å². The number of nitrogens with one attached hydrogen (secondary N) is 2. The van der Waals surface area contributed by atoms with Crippen LogP contribution in [0.2, 0.25) is 0 Å². The maximum absolute atomic E-state index is 11.1. The van der Waals surface area contributed by atoms with Crippen LogP contribution in [0.3, 0.4) is 0 Å². The number of carbonyl (C=O) groups excluding carboxylic acids is 3. The second-order valence-electron chi connectivity index (χ2n) is 2.72. The molecule has 0 bridgehead atoms. The fourth-order valence-corrected chi connectivity index (χ4v) is 1.09. The molecule has 0 aliphatic heterocycles. The fourth-order valence-electron chi connectivity index (χ4n) is 1.09. The lowest BCUT2D eigenvalue weighted by atomic mass is 10.3. The van der Waals surface area contributed by atoms with E-state index in [9.17, 15) is 14.4 Å². The van der Waals surface area contributed by atoms with Crippen molar-refractivity contribution < 1.29 is 19.1 Å². The van der Waals surface area contributed by atoms with Gasteiger partial charge in [-0.05, 0) is 6.42 Å². The molecule has 0 radical (unpaired) electrons. The van der Waals surface area contributed by atoms with Gasteiger partial charge in [-0.15, -0.1) is 0 Å². The number of hydrogen-bond acceptors (Lipinski definition) is 4. The first-order chi connectivity index (χ1) is 6.20. The van der Waals surface area contributed by atoms with Crippen LogP contribution in [-0.2, 0) is 19.1 Å². The van der Waals surface area contributed by atoms with E-state index in [0.29, 0.717) is 12.8 Å². The molecular formula is C7H10N2O4. The minimum absolute atomic E-state index is 0.349. The Morgan fingerprint density at radius 1 is 1.46 bits per heavy atom. The molecule has 1 aliphatic carbocycles. The normalized spacial score (nSPS) is 24.4. The Balaban J connectivity index is 2.29. The number of hydrazine groups is 1. The molecule has 6 nitrogen and oxygen atoms in total. The molecule has 2 N–H and O–H groups in total. The molecule has 1 fully saturated rings. The third-order valence-electron chi connectivity index (χ3n) is 1.89. The number of amides is 2. The number of methoxy groups -OCH3 is 1. The van der Waals surface area contributed by atoms with Gasteiger partial charge in [-0.1, -0.05) is 0 Å². The van der Waals surface area contributed by atoms with Crippen molar-refractivity contribution in [1.29, 1.82) is 0 Å². The predicted molar refractivity (Wildman–Crippen MR) is 41.0 cm³/mol. The Morgan fingerprint density at radius 3 is 2.69 bits per heavy atom. The Kier molecular flexibility index (Phi) is 2.84. The number of rotatable bonds is 4. The first-order valence-electron chi connectivity index (χ1n) is 3.77. The highest BCUT2D eigenvalue weighted by atomic mass is 16.5. The van der Waals surface area contributed by atoms with Gasteiger partial charge in [-0.3, -0.25) is 25.2 Å². The lowest BCUT2D eigenvalue weighted by molar-refractivity contribution is -0.143. The third-order valence-corrected chi connectivity index (χ3v) is 1.89. The zero-order valence-electron chi connectivity index (χ0n) is 7.07. The van der Waals surface area contributed by atoms with Gasteiger partial charge in [0.1, 0.15) is 0 Å². The largest absolute Gasteiger partial charge is 0.469 e. The van der Waals surface area contributed by atoms with Gasteiger partial charge in [0.15, 0.2) is 0 Å². The van der Waals surface area contributed by atoms with Gasteiger partial charge in [0.05, 0.1) is 18.9 Å². The summed E-state index contributed by atoms with van der Waals surface area (Å²) in [6, 6.07) is 0. The van der Waals surface area contributed by atoms with E-state index in [1.807, 2.05) is 5.43 Å². The molecule has 6 heteroatoms. The number of ether oxygens (including phenoxy) is 1. The predicted octanol–water partition coefficient (Wildman–Crippen LogP) is -1.43. The average molecular weight is 186 g/mol. The van der Waals surface area contributed by atoms with E-state index >= 15 is 0 Å². The molecule has 0 unspecified atom stereocenters. The molecule has 0 heterocycles. The zero-order chi connectivity index (χ0) is 9.84. The van der Waals surface area contributed by atoms with Crippen molar-refractivity contribution in [2.45, 2.75) is 6.42 Å². The first-order valence-corrected chi connectivity index (χ1v) is 3.77. The van der Waals surface area contributed by atoms with Gasteiger partial charge >= 0.3 is 5.97 Å². The quantitative estimate of drug-likeness (QED) is 0.320. The summed E-state index contributed by atoms with van der Waals surface area (Å²) in [7, 11) is 1.28. The molecule has 2 atom stereocenters. The van der Waals surface area contributed by atoms with Crippen molar-refractivity contribution in [2.75, 3.05) is 7.11 Å². The summed E-state index contributed by atoms with van der Waals surface area (Å²) < 4.78 is 4.45. The van der Waals surface area contributed by atoms with Gasteiger partial charge in [-0.25, -0.2) is 0 Å². The SMILES string of the molecule is COC(=O)[C@H]1C[C@@H]1C(=O)NNC=O. The number of hydrogen-bond donors (Lipinski definition) is 2. The minimum Gasteiger partial charge on any atom is -0.469 e. The second-order valence-corrected chi connectivity index (χ2v) is 2.72. The van der Waals surface area contributed by atoms with E-state index in [4.69, 9.17) is 0 Å². The molecule has 1 aliphatic rings.